The maximum atomic E-state index is 13.0. The number of nitrogens with zero attached hydrogens (tertiary/aromatic N) is 5. The van der Waals surface area contributed by atoms with Gasteiger partial charge in [-0.1, -0.05) is 11.6 Å². The third-order valence-corrected chi connectivity index (χ3v) is 5.05. The van der Waals surface area contributed by atoms with Crippen molar-refractivity contribution in [2.24, 2.45) is 0 Å². The first-order chi connectivity index (χ1) is 13.6. The van der Waals surface area contributed by atoms with Crippen LogP contribution >= 0.6 is 11.6 Å². The number of carboxylic acid groups (broad SMARTS) is 1. The van der Waals surface area contributed by atoms with Gasteiger partial charge < -0.3 is 10.4 Å². The topological polar surface area (TPSA) is 114 Å². The van der Waals surface area contributed by atoms with Crippen molar-refractivity contribution in [1.82, 2.24) is 24.1 Å². The van der Waals surface area contributed by atoms with E-state index in [2.05, 4.69) is 20.4 Å². The molecule has 0 saturated heterocycles. The van der Waals surface area contributed by atoms with Gasteiger partial charge in [0.2, 0.25) is 5.95 Å². The molecule has 12 heteroatoms. The SMILES string of the molecule is CC(C(=O)O)n1cnn2cc(-c3nc(NC4CC(F)(F)C4)ncc3Cl)cc2c1=O. The summed E-state index contributed by atoms with van der Waals surface area (Å²) in [6.45, 7) is 1.37. The van der Waals surface area contributed by atoms with E-state index in [4.69, 9.17) is 16.7 Å². The molecule has 3 heterocycles. The molecule has 3 aromatic rings. The Bertz CT molecular complexity index is 1170. The van der Waals surface area contributed by atoms with Crippen molar-refractivity contribution in [2.75, 3.05) is 5.32 Å². The standard InChI is InChI=1S/C17H15ClF2N6O3/c1-8(15(28)29)25-7-22-26-6-9(2-12(26)14(25)27)13-11(18)5-21-16(24-13)23-10-3-17(19,20)4-10/h2,5-8,10H,3-4H2,1H3,(H,28,29)(H,21,23,24). The first-order valence-electron chi connectivity index (χ1n) is 8.64. The zero-order valence-electron chi connectivity index (χ0n) is 15.0. The van der Waals surface area contributed by atoms with Crippen molar-refractivity contribution in [3.63, 3.8) is 0 Å². The van der Waals surface area contributed by atoms with Gasteiger partial charge in [-0.15, -0.1) is 0 Å². The summed E-state index contributed by atoms with van der Waals surface area (Å²) in [4.78, 5) is 32.1. The fourth-order valence-corrected chi connectivity index (χ4v) is 3.31. The number of aliphatic carboxylic acids is 1. The average molecular weight is 425 g/mol. The zero-order valence-corrected chi connectivity index (χ0v) is 15.8. The smallest absolute Gasteiger partial charge is 0.326 e. The summed E-state index contributed by atoms with van der Waals surface area (Å²) in [5.74, 6) is -3.70. The lowest BCUT2D eigenvalue weighted by Gasteiger charge is -2.35. The Morgan fingerprint density at radius 1 is 1.45 bits per heavy atom. The second-order valence-electron chi connectivity index (χ2n) is 6.91. The molecule has 2 N–H and O–H groups in total. The summed E-state index contributed by atoms with van der Waals surface area (Å²) in [6.07, 6.45) is 3.40. The van der Waals surface area contributed by atoms with Gasteiger partial charge in [-0.05, 0) is 13.0 Å². The van der Waals surface area contributed by atoms with E-state index in [1.807, 2.05) is 0 Å². The lowest BCUT2D eigenvalue weighted by atomic mass is 9.88. The summed E-state index contributed by atoms with van der Waals surface area (Å²) in [5.41, 5.74) is 0.336. The molecule has 1 aliphatic carbocycles. The Kier molecular flexibility index (Phi) is 4.49. The molecular weight excluding hydrogens is 410 g/mol. The van der Waals surface area contributed by atoms with E-state index in [1.54, 1.807) is 0 Å². The number of carboxylic acids is 1. The second kappa shape index (κ2) is 6.76. The summed E-state index contributed by atoms with van der Waals surface area (Å²) >= 11 is 6.19. The summed E-state index contributed by atoms with van der Waals surface area (Å²) < 4.78 is 28.3. The lowest BCUT2D eigenvalue weighted by Crippen LogP contribution is -2.44. The number of anilines is 1. The number of nitrogens with one attached hydrogen (secondary N) is 1. The highest BCUT2D eigenvalue weighted by molar-refractivity contribution is 6.32. The number of hydrogen-bond donors (Lipinski definition) is 2. The first-order valence-corrected chi connectivity index (χ1v) is 9.02. The Morgan fingerprint density at radius 2 is 2.17 bits per heavy atom. The highest BCUT2D eigenvalue weighted by Gasteiger charge is 2.45. The number of halogens is 3. The maximum absolute atomic E-state index is 13.0. The van der Waals surface area contributed by atoms with Gasteiger partial charge >= 0.3 is 5.97 Å². The van der Waals surface area contributed by atoms with Crippen LogP contribution in [0.5, 0.6) is 0 Å². The molecule has 0 aromatic carbocycles. The summed E-state index contributed by atoms with van der Waals surface area (Å²) in [6, 6.07) is -0.0356. The van der Waals surface area contributed by atoms with E-state index in [9.17, 15) is 18.4 Å². The zero-order chi connectivity index (χ0) is 20.9. The third kappa shape index (κ3) is 3.53. The van der Waals surface area contributed by atoms with Crippen LogP contribution in [-0.2, 0) is 4.79 Å². The largest absolute Gasteiger partial charge is 0.480 e. The van der Waals surface area contributed by atoms with Crippen molar-refractivity contribution in [3.05, 3.63) is 40.2 Å². The van der Waals surface area contributed by atoms with Gasteiger partial charge in [-0.3, -0.25) is 9.36 Å². The third-order valence-electron chi connectivity index (χ3n) is 4.77. The molecule has 1 saturated carbocycles. The van der Waals surface area contributed by atoms with Gasteiger partial charge in [0.05, 0.1) is 16.9 Å². The van der Waals surface area contributed by atoms with Crippen LogP contribution < -0.4 is 10.9 Å². The summed E-state index contributed by atoms with van der Waals surface area (Å²) in [5, 5.41) is 16.2. The Hall–Kier alpha value is -3.08. The monoisotopic (exact) mass is 424 g/mol. The van der Waals surface area contributed by atoms with Gasteiger partial charge in [-0.2, -0.15) is 5.10 Å². The van der Waals surface area contributed by atoms with Crippen LogP contribution in [0.1, 0.15) is 25.8 Å². The molecule has 0 radical (unpaired) electrons. The van der Waals surface area contributed by atoms with Crippen molar-refractivity contribution < 1.29 is 18.7 Å². The van der Waals surface area contributed by atoms with E-state index in [1.165, 1.54) is 29.9 Å². The summed E-state index contributed by atoms with van der Waals surface area (Å²) in [7, 11) is 0. The molecule has 0 bridgehead atoms. The van der Waals surface area contributed by atoms with Crippen molar-refractivity contribution in [3.8, 4) is 11.3 Å². The fraction of sp³-hybridized carbons (Fsp3) is 0.353. The van der Waals surface area contributed by atoms with Crippen LogP contribution in [0.4, 0.5) is 14.7 Å². The van der Waals surface area contributed by atoms with Crippen LogP contribution in [0.2, 0.25) is 5.02 Å². The molecule has 1 atom stereocenters. The Morgan fingerprint density at radius 3 is 2.83 bits per heavy atom. The number of hydrogen-bond acceptors (Lipinski definition) is 6. The molecule has 152 valence electrons. The quantitative estimate of drug-likeness (QED) is 0.646. The predicted octanol–water partition coefficient (Wildman–Crippen LogP) is 2.46. The van der Waals surface area contributed by atoms with Gasteiger partial charge in [0.15, 0.2) is 0 Å². The van der Waals surface area contributed by atoms with Gasteiger partial charge in [0.25, 0.3) is 11.5 Å². The van der Waals surface area contributed by atoms with E-state index in [-0.39, 0.29) is 35.0 Å². The van der Waals surface area contributed by atoms with Crippen LogP contribution in [-0.4, -0.2) is 47.2 Å². The van der Waals surface area contributed by atoms with Gasteiger partial charge in [-0.25, -0.2) is 28.1 Å². The fourth-order valence-electron chi connectivity index (χ4n) is 3.11. The van der Waals surface area contributed by atoms with Crippen molar-refractivity contribution in [1.29, 1.82) is 0 Å². The average Bonchev–Trinajstić information content (AvgIpc) is 3.06. The molecule has 0 spiro atoms. The van der Waals surface area contributed by atoms with Crippen LogP contribution in [0, 0.1) is 0 Å². The minimum Gasteiger partial charge on any atom is -0.480 e. The highest BCUT2D eigenvalue weighted by atomic mass is 35.5. The molecule has 4 rings (SSSR count). The lowest BCUT2D eigenvalue weighted by molar-refractivity contribution is -0.140. The molecule has 29 heavy (non-hydrogen) atoms. The molecule has 0 aliphatic heterocycles. The predicted molar refractivity (Wildman–Crippen MR) is 99.4 cm³/mol. The minimum atomic E-state index is -2.67. The highest BCUT2D eigenvalue weighted by Crippen LogP contribution is 2.39. The number of carbonyl (C=O) groups is 1. The van der Waals surface area contributed by atoms with Crippen LogP contribution in [0.3, 0.4) is 0 Å². The van der Waals surface area contributed by atoms with Crippen LogP contribution in [0.25, 0.3) is 16.8 Å². The Balaban J connectivity index is 1.69. The molecule has 1 aliphatic rings. The normalized spacial score (nSPS) is 17.1. The molecule has 1 fully saturated rings. The van der Waals surface area contributed by atoms with Crippen LogP contribution in [0.15, 0.2) is 29.6 Å². The molecular formula is C17H15ClF2N6O3. The molecule has 3 aromatic heterocycles. The van der Waals surface area contributed by atoms with Gasteiger partial charge in [0, 0.05) is 30.6 Å². The van der Waals surface area contributed by atoms with E-state index < -0.39 is 29.5 Å². The molecule has 9 nitrogen and oxygen atoms in total. The molecule has 0 amide bonds. The number of fused-ring (bicyclic) bond motifs is 1. The van der Waals surface area contributed by atoms with Gasteiger partial charge in [0.1, 0.15) is 17.9 Å². The number of aromatic nitrogens is 5. The maximum Gasteiger partial charge on any atom is 0.326 e. The first kappa shape index (κ1) is 19.2. The molecule has 1 unspecified atom stereocenters. The van der Waals surface area contributed by atoms with E-state index in [0.717, 1.165) is 10.9 Å². The van der Waals surface area contributed by atoms with Crippen molar-refractivity contribution >= 4 is 29.0 Å². The number of rotatable bonds is 5. The van der Waals surface area contributed by atoms with E-state index >= 15 is 0 Å². The van der Waals surface area contributed by atoms with Crippen molar-refractivity contribution in [2.45, 2.75) is 37.8 Å². The minimum absolute atomic E-state index is 0.137. The number of alkyl halides is 2. The Labute approximate surface area is 167 Å². The van der Waals surface area contributed by atoms with E-state index in [0.29, 0.717) is 5.56 Å². The second-order valence-corrected chi connectivity index (χ2v) is 7.32.